The topological polar surface area (TPSA) is 108 Å². The lowest BCUT2D eigenvalue weighted by Gasteiger charge is -2.14. The van der Waals surface area contributed by atoms with E-state index in [9.17, 15) is 9.59 Å². The zero-order valence-corrected chi connectivity index (χ0v) is 21.2. The van der Waals surface area contributed by atoms with Crippen molar-refractivity contribution in [2.45, 2.75) is 0 Å². The van der Waals surface area contributed by atoms with Crippen molar-refractivity contribution >= 4 is 11.9 Å². The fourth-order valence-electron chi connectivity index (χ4n) is 3.12. The molecule has 36 heavy (non-hydrogen) atoms. The minimum Gasteiger partial charge on any atom is -0.490 e. The van der Waals surface area contributed by atoms with Crippen LogP contribution in [0.15, 0.2) is 36.4 Å². The second-order valence-electron chi connectivity index (χ2n) is 7.31. The summed E-state index contributed by atoms with van der Waals surface area (Å²) in [4.78, 5) is 24.8. The predicted molar refractivity (Wildman–Crippen MR) is 131 cm³/mol. The summed E-state index contributed by atoms with van der Waals surface area (Å²) in [5.74, 6) is -0.368. The molecule has 0 heterocycles. The predicted octanol–water partition coefficient (Wildman–Crippen LogP) is 3.01. The molecule has 0 radical (unpaired) electrons. The Morgan fingerprint density at radius 3 is 1.31 bits per heavy atom. The summed E-state index contributed by atoms with van der Waals surface area (Å²) in [5.41, 5.74) is 1.86. The fraction of sp³-hybridized carbons (Fsp3) is 0.462. The number of ether oxygens (including phenoxy) is 8. The van der Waals surface area contributed by atoms with Gasteiger partial charge in [-0.15, -0.1) is 0 Å². The first-order valence-corrected chi connectivity index (χ1v) is 11.4. The molecule has 2 rings (SSSR count). The molecule has 0 aromatic heterocycles. The van der Waals surface area contributed by atoms with Gasteiger partial charge in [0.05, 0.1) is 53.9 Å². The van der Waals surface area contributed by atoms with E-state index in [2.05, 4.69) is 0 Å². The highest BCUT2D eigenvalue weighted by molar-refractivity contribution is 5.96. The molecule has 0 N–H and O–H groups in total. The maximum atomic E-state index is 12.4. The Bertz CT molecular complexity index is 882. The molecule has 10 nitrogen and oxygen atoms in total. The van der Waals surface area contributed by atoms with Crippen molar-refractivity contribution in [3.05, 3.63) is 47.5 Å². The van der Waals surface area contributed by atoms with E-state index in [1.165, 1.54) is 14.2 Å². The number of esters is 2. The van der Waals surface area contributed by atoms with E-state index < -0.39 is 11.9 Å². The van der Waals surface area contributed by atoms with Gasteiger partial charge in [-0.2, -0.15) is 0 Å². The standard InChI is InChI=1S/C26H34O10/c1-29-9-11-33-13-15-35-23-7-5-19(17-21(23)25(27)31-3)20-6-8-24(22(18-20)26(28)32-4)36-16-14-34-12-10-30-2/h5-8,17-18H,9-16H2,1-4H3. The van der Waals surface area contributed by atoms with Crippen LogP contribution in [0, 0.1) is 0 Å². The van der Waals surface area contributed by atoms with Crippen molar-refractivity contribution in [2.75, 3.05) is 81.3 Å². The highest BCUT2D eigenvalue weighted by Gasteiger charge is 2.18. The highest BCUT2D eigenvalue weighted by Crippen LogP contribution is 2.31. The molecule has 2 aromatic carbocycles. The molecular weight excluding hydrogens is 472 g/mol. The molecule has 0 unspecified atom stereocenters. The number of carbonyl (C=O) groups excluding carboxylic acids is 2. The van der Waals surface area contributed by atoms with Crippen molar-refractivity contribution in [3.63, 3.8) is 0 Å². The van der Waals surface area contributed by atoms with Crippen molar-refractivity contribution in [3.8, 4) is 22.6 Å². The summed E-state index contributed by atoms with van der Waals surface area (Å²) in [6.45, 7) is 3.06. The number of methoxy groups -OCH3 is 4. The number of hydrogen-bond donors (Lipinski definition) is 0. The van der Waals surface area contributed by atoms with Crippen LogP contribution in [0.4, 0.5) is 0 Å². The Balaban J connectivity index is 2.19. The SMILES string of the molecule is COCCOCCOc1ccc(-c2ccc(OCCOCCOC)c(C(=O)OC)c2)cc1C(=O)OC. The van der Waals surface area contributed by atoms with E-state index in [1.54, 1.807) is 50.6 Å². The molecule has 0 spiro atoms. The van der Waals surface area contributed by atoms with E-state index >= 15 is 0 Å². The smallest absolute Gasteiger partial charge is 0.341 e. The Labute approximate surface area is 211 Å². The molecule has 0 saturated heterocycles. The minimum atomic E-state index is -0.547. The summed E-state index contributed by atoms with van der Waals surface area (Å²) in [6, 6.07) is 10.2. The summed E-state index contributed by atoms with van der Waals surface area (Å²) in [6.07, 6.45) is 0. The fourth-order valence-corrected chi connectivity index (χ4v) is 3.12. The van der Waals surface area contributed by atoms with E-state index in [4.69, 9.17) is 37.9 Å². The number of benzene rings is 2. The first-order chi connectivity index (χ1) is 17.5. The molecule has 0 aliphatic heterocycles. The minimum absolute atomic E-state index is 0.250. The maximum Gasteiger partial charge on any atom is 0.341 e. The van der Waals surface area contributed by atoms with Gasteiger partial charge in [0.25, 0.3) is 0 Å². The average Bonchev–Trinajstić information content (AvgIpc) is 2.91. The Morgan fingerprint density at radius 1 is 0.556 bits per heavy atom. The maximum absolute atomic E-state index is 12.4. The molecule has 0 bridgehead atoms. The summed E-state index contributed by atoms with van der Waals surface area (Å²) >= 11 is 0. The molecule has 0 fully saturated rings. The number of rotatable bonds is 17. The third-order valence-corrected chi connectivity index (χ3v) is 4.94. The summed E-state index contributed by atoms with van der Waals surface area (Å²) < 4.78 is 41.9. The quantitative estimate of drug-likeness (QED) is 0.235. The van der Waals surface area contributed by atoms with Gasteiger partial charge in [0.2, 0.25) is 0 Å². The molecule has 0 aliphatic carbocycles. The molecule has 10 heteroatoms. The zero-order valence-electron chi connectivity index (χ0n) is 21.2. The van der Waals surface area contributed by atoms with Gasteiger partial charge < -0.3 is 37.9 Å². The van der Waals surface area contributed by atoms with Crippen LogP contribution >= 0.6 is 0 Å². The van der Waals surface area contributed by atoms with Gasteiger partial charge in [-0.3, -0.25) is 0 Å². The monoisotopic (exact) mass is 506 g/mol. The number of carbonyl (C=O) groups is 2. The van der Waals surface area contributed by atoms with Gasteiger partial charge in [-0.1, -0.05) is 12.1 Å². The van der Waals surface area contributed by atoms with Crippen LogP contribution in [0.2, 0.25) is 0 Å². The first-order valence-electron chi connectivity index (χ1n) is 11.4. The zero-order chi connectivity index (χ0) is 26.2. The van der Waals surface area contributed by atoms with Crippen LogP contribution in [0.25, 0.3) is 11.1 Å². The summed E-state index contributed by atoms with van der Waals surface area (Å²) in [5, 5.41) is 0. The van der Waals surface area contributed by atoms with Crippen LogP contribution in [0.5, 0.6) is 11.5 Å². The third-order valence-electron chi connectivity index (χ3n) is 4.94. The van der Waals surface area contributed by atoms with Crippen LogP contribution in [-0.4, -0.2) is 93.2 Å². The largest absolute Gasteiger partial charge is 0.490 e. The van der Waals surface area contributed by atoms with E-state index in [1.807, 2.05) is 0 Å². The Morgan fingerprint density at radius 2 is 0.944 bits per heavy atom. The van der Waals surface area contributed by atoms with Crippen LogP contribution < -0.4 is 9.47 Å². The second kappa shape index (κ2) is 16.5. The van der Waals surface area contributed by atoms with E-state index in [-0.39, 0.29) is 24.3 Å². The third kappa shape index (κ3) is 9.12. The second-order valence-corrected chi connectivity index (χ2v) is 7.31. The molecule has 0 amide bonds. The van der Waals surface area contributed by atoms with E-state index in [0.717, 1.165) is 0 Å². The van der Waals surface area contributed by atoms with Crippen molar-refractivity contribution < 1.29 is 47.5 Å². The highest BCUT2D eigenvalue weighted by atomic mass is 16.6. The van der Waals surface area contributed by atoms with Gasteiger partial charge in [0.1, 0.15) is 35.8 Å². The van der Waals surface area contributed by atoms with Gasteiger partial charge in [-0.05, 0) is 35.4 Å². The Hall–Kier alpha value is -3.18. The molecule has 0 aliphatic rings. The van der Waals surface area contributed by atoms with Crippen LogP contribution in [-0.2, 0) is 28.4 Å². The van der Waals surface area contributed by atoms with Crippen molar-refractivity contribution in [2.24, 2.45) is 0 Å². The van der Waals surface area contributed by atoms with Crippen molar-refractivity contribution in [1.82, 2.24) is 0 Å². The van der Waals surface area contributed by atoms with E-state index in [0.29, 0.717) is 62.3 Å². The average molecular weight is 507 g/mol. The molecule has 2 aromatic rings. The van der Waals surface area contributed by atoms with Gasteiger partial charge in [0, 0.05) is 14.2 Å². The summed E-state index contributed by atoms with van der Waals surface area (Å²) in [7, 11) is 5.79. The first kappa shape index (κ1) is 29.1. The number of hydrogen-bond acceptors (Lipinski definition) is 10. The van der Waals surface area contributed by atoms with Gasteiger partial charge in [-0.25, -0.2) is 9.59 Å². The van der Waals surface area contributed by atoms with Crippen molar-refractivity contribution in [1.29, 1.82) is 0 Å². The van der Waals surface area contributed by atoms with Gasteiger partial charge in [0.15, 0.2) is 0 Å². The lowest BCUT2D eigenvalue weighted by Crippen LogP contribution is -2.13. The molecule has 0 atom stereocenters. The lowest BCUT2D eigenvalue weighted by molar-refractivity contribution is 0.0521. The lowest BCUT2D eigenvalue weighted by atomic mass is 10.00. The van der Waals surface area contributed by atoms with Gasteiger partial charge >= 0.3 is 11.9 Å². The van der Waals surface area contributed by atoms with Crippen LogP contribution in [0.3, 0.4) is 0 Å². The molecule has 198 valence electrons. The normalized spacial score (nSPS) is 10.7. The Kier molecular flexibility index (Phi) is 13.3. The molecular formula is C26H34O10. The van der Waals surface area contributed by atoms with Crippen LogP contribution in [0.1, 0.15) is 20.7 Å². The molecule has 0 saturated carbocycles.